The van der Waals surface area contributed by atoms with Crippen LogP contribution in [0.1, 0.15) is 25.7 Å². The van der Waals surface area contributed by atoms with Crippen LogP contribution in [-0.4, -0.2) is 40.5 Å². The Balaban J connectivity index is 1.88. The zero-order chi connectivity index (χ0) is 10.3. The van der Waals surface area contributed by atoms with Gasteiger partial charge in [0.15, 0.2) is 0 Å². The summed E-state index contributed by atoms with van der Waals surface area (Å²) in [6.07, 6.45) is 5.28. The van der Waals surface area contributed by atoms with Crippen LogP contribution in [0.2, 0.25) is 0 Å². The monoisotopic (exact) mass is 201 g/mol. The second-order valence-electron chi connectivity index (χ2n) is 4.24. The second-order valence-corrected chi connectivity index (χ2v) is 4.24. The molecular formula is C11H23NO2. The normalized spacial score (nSPS) is 18.4. The van der Waals surface area contributed by atoms with Crippen molar-refractivity contribution in [2.75, 3.05) is 40.5 Å². The molecule has 1 saturated carbocycles. The van der Waals surface area contributed by atoms with Gasteiger partial charge < -0.3 is 14.8 Å². The van der Waals surface area contributed by atoms with Gasteiger partial charge in [0.05, 0.1) is 13.2 Å². The molecule has 1 N–H and O–H groups in total. The highest BCUT2D eigenvalue weighted by Gasteiger charge is 2.40. The molecule has 0 spiro atoms. The van der Waals surface area contributed by atoms with Crippen molar-refractivity contribution < 1.29 is 9.47 Å². The summed E-state index contributed by atoms with van der Waals surface area (Å²) in [5.74, 6) is 0. The molecule has 0 aromatic rings. The van der Waals surface area contributed by atoms with E-state index in [0.717, 1.165) is 13.2 Å². The summed E-state index contributed by atoms with van der Waals surface area (Å²) in [6, 6.07) is 0. The van der Waals surface area contributed by atoms with Crippen LogP contribution in [-0.2, 0) is 9.47 Å². The third kappa shape index (κ3) is 4.40. The van der Waals surface area contributed by atoms with Gasteiger partial charge in [0.2, 0.25) is 0 Å². The number of ether oxygens (including phenoxy) is 2. The lowest BCUT2D eigenvalue weighted by molar-refractivity contribution is 0.0667. The number of methoxy groups -OCH3 is 1. The van der Waals surface area contributed by atoms with E-state index in [9.17, 15) is 0 Å². The maximum absolute atomic E-state index is 5.43. The SMILES string of the molecule is CNCC1(CCCOCCOC)CC1. The van der Waals surface area contributed by atoms with E-state index >= 15 is 0 Å². The average Bonchev–Trinajstić information content (AvgIpc) is 2.93. The molecule has 3 nitrogen and oxygen atoms in total. The van der Waals surface area contributed by atoms with E-state index in [4.69, 9.17) is 9.47 Å². The maximum Gasteiger partial charge on any atom is 0.0700 e. The first kappa shape index (κ1) is 12.0. The highest BCUT2D eigenvalue weighted by atomic mass is 16.5. The van der Waals surface area contributed by atoms with Crippen LogP contribution < -0.4 is 5.32 Å². The lowest BCUT2D eigenvalue weighted by atomic mass is 10.0. The molecule has 3 heteroatoms. The highest BCUT2D eigenvalue weighted by Crippen LogP contribution is 2.48. The molecule has 0 bridgehead atoms. The average molecular weight is 201 g/mol. The Kier molecular flexibility index (Phi) is 5.45. The Morgan fingerprint density at radius 1 is 1.21 bits per heavy atom. The molecule has 0 aromatic carbocycles. The predicted molar refractivity (Wildman–Crippen MR) is 57.5 cm³/mol. The Hall–Kier alpha value is -0.120. The van der Waals surface area contributed by atoms with Gasteiger partial charge in [-0.05, 0) is 38.1 Å². The lowest BCUT2D eigenvalue weighted by Gasteiger charge is -2.13. The minimum Gasteiger partial charge on any atom is -0.382 e. The van der Waals surface area contributed by atoms with Gasteiger partial charge in [0.1, 0.15) is 0 Å². The maximum atomic E-state index is 5.43. The lowest BCUT2D eigenvalue weighted by Crippen LogP contribution is -2.20. The smallest absolute Gasteiger partial charge is 0.0700 e. The molecule has 0 aromatic heterocycles. The Morgan fingerprint density at radius 2 is 2.00 bits per heavy atom. The van der Waals surface area contributed by atoms with Crippen molar-refractivity contribution in [3.63, 3.8) is 0 Å². The van der Waals surface area contributed by atoms with Gasteiger partial charge in [-0.15, -0.1) is 0 Å². The van der Waals surface area contributed by atoms with E-state index in [2.05, 4.69) is 5.32 Å². The van der Waals surface area contributed by atoms with Crippen LogP contribution in [0.15, 0.2) is 0 Å². The van der Waals surface area contributed by atoms with Crippen LogP contribution in [0.4, 0.5) is 0 Å². The highest BCUT2D eigenvalue weighted by molar-refractivity contribution is 4.94. The molecule has 0 heterocycles. The first-order valence-corrected chi connectivity index (χ1v) is 5.54. The standard InChI is InChI=1S/C11H23NO2/c1-12-10-11(5-6-11)4-3-7-14-9-8-13-2/h12H,3-10H2,1-2H3. The summed E-state index contributed by atoms with van der Waals surface area (Å²) in [4.78, 5) is 0. The van der Waals surface area contributed by atoms with Gasteiger partial charge >= 0.3 is 0 Å². The minimum atomic E-state index is 0.624. The quantitative estimate of drug-likeness (QED) is 0.572. The minimum absolute atomic E-state index is 0.624. The van der Waals surface area contributed by atoms with Crippen molar-refractivity contribution >= 4 is 0 Å². The van der Waals surface area contributed by atoms with Crippen LogP contribution in [0.5, 0.6) is 0 Å². The van der Waals surface area contributed by atoms with Crippen molar-refractivity contribution in [2.24, 2.45) is 5.41 Å². The topological polar surface area (TPSA) is 30.5 Å². The van der Waals surface area contributed by atoms with Crippen LogP contribution in [0, 0.1) is 5.41 Å². The number of rotatable bonds is 9. The first-order valence-electron chi connectivity index (χ1n) is 5.54. The predicted octanol–water partition coefficient (Wildman–Crippen LogP) is 1.43. The molecule has 1 fully saturated rings. The number of hydrogen-bond donors (Lipinski definition) is 1. The summed E-state index contributed by atoms with van der Waals surface area (Å²) in [5, 5.41) is 3.27. The number of nitrogens with one attached hydrogen (secondary N) is 1. The van der Waals surface area contributed by atoms with E-state index in [0.29, 0.717) is 12.0 Å². The fourth-order valence-corrected chi connectivity index (χ4v) is 1.86. The Bertz CT molecular complexity index is 146. The number of hydrogen-bond acceptors (Lipinski definition) is 3. The Labute approximate surface area is 87.2 Å². The van der Waals surface area contributed by atoms with Crippen molar-refractivity contribution in [3.05, 3.63) is 0 Å². The van der Waals surface area contributed by atoms with E-state index in [1.165, 1.54) is 32.2 Å². The fraction of sp³-hybridized carbons (Fsp3) is 1.00. The molecule has 0 saturated heterocycles. The first-order chi connectivity index (χ1) is 6.83. The van der Waals surface area contributed by atoms with Crippen molar-refractivity contribution in [1.29, 1.82) is 0 Å². The molecular weight excluding hydrogens is 178 g/mol. The molecule has 1 aliphatic rings. The summed E-state index contributed by atoms with van der Waals surface area (Å²) >= 11 is 0. The second kappa shape index (κ2) is 6.38. The van der Waals surface area contributed by atoms with Gasteiger partial charge in [-0.25, -0.2) is 0 Å². The van der Waals surface area contributed by atoms with Gasteiger partial charge in [-0.3, -0.25) is 0 Å². The molecule has 14 heavy (non-hydrogen) atoms. The van der Waals surface area contributed by atoms with Crippen molar-refractivity contribution in [3.8, 4) is 0 Å². The molecule has 0 aliphatic heterocycles. The van der Waals surface area contributed by atoms with Crippen molar-refractivity contribution in [1.82, 2.24) is 5.32 Å². The molecule has 0 unspecified atom stereocenters. The molecule has 1 aliphatic carbocycles. The van der Waals surface area contributed by atoms with E-state index in [1.54, 1.807) is 7.11 Å². The van der Waals surface area contributed by atoms with Gasteiger partial charge in [0.25, 0.3) is 0 Å². The van der Waals surface area contributed by atoms with E-state index in [1.807, 2.05) is 7.05 Å². The van der Waals surface area contributed by atoms with E-state index < -0.39 is 0 Å². The third-order valence-corrected chi connectivity index (χ3v) is 2.94. The summed E-state index contributed by atoms with van der Waals surface area (Å²) < 4.78 is 10.3. The fourth-order valence-electron chi connectivity index (χ4n) is 1.86. The van der Waals surface area contributed by atoms with Gasteiger partial charge in [-0.2, -0.15) is 0 Å². The van der Waals surface area contributed by atoms with Crippen LogP contribution in [0.3, 0.4) is 0 Å². The third-order valence-electron chi connectivity index (χ3n) is 2.94. The zero-order valence-electron chi connectivity index (χ0n) is 9.47. The summed E-state index contributed by atoms with van der Waals surface area (Å²) in [5.41, 5.74) is 0.624. The molecule has 0 atom stereocenters. The summed E-state index contributed by atoms with van der Waals surface area (Å²) in [7, 11) is 3.74. The van der Waals surface area contributed by atoms with Gasteiger partial charge in [-0.1, -0.05) is 0 Å². The largest absolute Gasteiger partial charge is 0.382 e. The molecule has 84 valence electrons. The zero-order valence-corrected chi connectivity index (χ0v) is 9.47. The van der Waals surface area contributed by atoms with Crippen molar-refractivity contribution in [2.45, 2.75) is 25.7 Å². The molecule has 1 rings (SSSR count). The summed E-state index contributed by atoms with van der Waals surface area (Å²) in [6.45, 7) is 3.50. The van der Waals surface area contributed by atoms with Crippen LogP contribution >= 0.6 is 0 Å². The molecule has 0 radical (unpaired) electrons. The molecule has 0 amide bonds. The van der Waals surface area contributed by atoms with Gasteiger partial charge in [0, 0.05) is 20.3 Å². The van der Waals surface area contributed by atoms with Crippen LogP contribution in [0.25, 0.3) is 0 Å². The Morgan fingerprint density at radius 3 is 2.57 bits per heavy atom. The van der Waals surface area contributed by atoms with E-state index in [-0.39, 0.29) is 0 Å².